The minimum atomic E-state index is -1.83. The largest absolute Gasteiger partial charge is 0.394 e. The van der Waals surface area contributed by atoms with Crippen LogP contribution in [0.4, 0.5) is 0 Å². The molecule has 0 amide bonds. The molecule has 15 heavy (non-hydrogen) atoms. The van der Waals surface area contributed by atoms with Gasteiger partial charge >= 0.3 is 8.56 Å². The Hall–Kier alpha value is 0.137. The third-order valence-corrected chi connectivity index (χ3v) is 6.24. The molecule has 0 heterocycles. The van der Waals surface area contributed by atoms with Crippen LogP contribution >= 0.6 is 0 Å². The summed E-state index contributed by atoms with van der Waals surface area (Å²) in [6.45, 7) is 10.5. The lowest BCUT2D eigenvalue weighted by molar-refractivity contribution is 0.167. The van der Waals surface area contributed by atoms with E-state index in [0.29, 0.717) is 0 Å². The van der Waals surface area contributed by atoms with E-state index in [4.69, 9.17) is 8.85 Å². The summed E-state index contributed by atoms with van der Waals surface area (Å²) >= 11 is 0. The molecule has 0 radical (unpaired) electrons. The summed E-state index contributed by atoms with van der Waals surface area (Å²) in [4.78, 5) is 0. The lowest BCUT2D eigenvalue weighted by Crippen LogP contribution is -2.42. The Morgan fingerprint density at radius 2 is 1.33 bits per heavy atom. The van der Waals surface area contributed by atoms with E-state index < -0.39 is 8.56 Å². The van der Waals surface area contributed by atoms with Gasteiger partial charge < -0.3 is 8.85 Å². The van der Waals surface area contributed by atoms with Gasteiger partial charge in [0.1, 0.15) is 0 Å². The maximum absolute atomic E-state index is 6.05. The Labute approximate surface area is 96.6 Å². The summed E-state index contributed by atoms with van der Waals surface area (Å²) in [5, 5.41) is 0. The van der Waals surface area contributed by atoms with Gasteiger partial charge in [0.2, 0.25) is 0 Å². The highest BCUT2D eigenvalue weighted by Crippen LogP contribution is 2.22. The molecule has 0 fully saturated rings. The fourth-order valence-corrected chi connectivity index (χ4v) is 4.77. The Kier molecular flexibility index (Phi) is 9.45. The van der Waals surface area contributed by atoms with Gasteiger partial charge in [-0.3, -0.25) is 0 Å². The minimum absolute atomic E-state index is 0.869. The first-order chi connectivity index (χ1) is 7.24. The highest BCUT2D eigenvalue weighted by atomic mass is 28.4. The molecule has 0 saturated heterocycles. The zero-order chi connectivity index (χ0) is 11.6. The third-order valence-electron chi connectivity index (χ3n) is 2.59. The van der Waals surface area contributed by atoms with Crippen molar-refractivity contribution in [3.8, 4) is 0 Å². The van der Waals surface area contributed by atoms with Gasteiger partial charge in [0.25, 0.3) is 0 Å². The predicted molar refractivity (Wildman–Crippen MR) is 68.4 cm³/mol. The molecule has 0 spiro atoms. The monoisotopic (exact) mass is 232 g/mol. The maximum atomic E-state index is 6.05. The van der Waals surface area contributed by atoms with Crippen LogP contribution in [0.25, 0.3) is 0 Å². The Morgan fingerprint density at radius 3 is 1.67 bits per heavy atom. The molecule has 2 nitrogen and oxygen atoms in total. The molecule has 0 aromatic rings. The molecule has 0 aliphatic rings. The van der Waals surface area contributed by atoms with E-state index in [1.807, 2.05) is 0 Å². The van der Waals surface area contributed by atoms with Gasteiger partial charge in [-0.25, -0.2) is 0 Å². The smallest absolute Gasteiger partial charge is 0.337 e. The molecule has 92 valence electrons. The standard InChI is InChI=1S/C12H28O2Si/c1-5-9-12-15(8-4,13-10-6-2)14-11-7-3/h5-12H2,1-4H3. The van der Waals surface area contributed by atoms with Gasteiger partial charge in [-0.1, -0.05) is 40.5 Å². The molecule has 0 atom stereocenters. The fourth-order valence-electron chi connectivity index (χ4n) is 1.59. The predicted octanol–water partition coefficient (Wildman–Crippen LogP) is 4.10. The molecule has 0 N–H and O–H groups in total. The second-order valence-electron chi connectivity index (χ2n) is 4.06. The van der Waals surface area contributed by atoms with Crippen LogP contribution in [0.2, 0.25) is 12.1 Å². The topological polar surface area (TPSA) is 18.5 Å². The molecule has 0 aliphatic carbocycles. The van der Waals surface area contributed by atoms with Crippen molar-refractivity contribution in [1.29, 1.82) is 0 Å². The van der Waals surface area contributed by atoms with Crippen LogP contribution in [0, 0.1) is 0 Å². The lowest BCUT2D eigenvalue weighted by atomic mass is 10.4. The van der Waals surface area contributed by atoms with E-state index in [1.165, 1.54) is 18.9 Å². The second-order valence-corrected chi connectivity index (χ2v) is 7.67. The molecule has 0 aromatic heterocycles. The van der Waals surface area contributed by atoms with Crippen molar-refractivity contribution in [2.75, 3.05) is 13.2 Å². The SMILES string of the molecule is CCCC[Si](CC)(OCCC)OCCC. The number of rotatable bonds is 10. The Balaban J connectivity index is 4.16. The normalized spacial score (nSPS) is 12.0. The second kappa shape index (κ2) is 9.37. The minimum Gasteiger partial charge on any atom is -0.394 e. The third kappa shape index (κ3) is 6.33. The average molecular weight is 232 g/mol. The zero-order valence-electron chi connectivity index (χ0n) is 11.0. The molecule has 0 bridgehead atoms. The van der Waals surface area contributed by atoms with Crippen LogP contribution in [0.5, 0.6) is 0 Å². The highest BCUT2D eigenvalue weighted by molar-refractivity contribution is 6.67. The number of unbranched alkanes of at least 4 members (excludes halogenated alkanes) is 1. The van der Waals surface area contributed by atoms with Crippen molar-refractivity contribution in [1.82, 2.24) is 0 Å². The van der Waals surface area contributed by atoms with Crippen molar-refractivity contribution < 1.29 is 8.85 Å². The molecule has 0 aliphatic heterocycles. The molecule has 0 saturated carbocycles. The van der Waals surface area contributed by atoms with Crippen LogP contribution in [0.15, 0.2) is 0 Å². The van der Waals surface area contributed by atoms with Crippen LogP contribution in [0.1, 0.15) is 53.4 Å². The van der Waals surface area contributed by atoms with Gasteiger partial charge in [0, 0.05) is 13.2 Å². The van der Waals surface area contributed by atoms with E-state index >= 15 is 0 Å². The van der Waals surface area contributed by atoms with E-state index in [0.717, 1.165) is 32.1 Å². The maximum Gasteiger partial charge on any atom is 0.337 e. The van der Waals surface area contributed by atoms with Crippen molar-refractivity contribution in [3.05, 3.63) is 0 Å². The van der Waals surface area contributed by atoms with Crippen LogP contribution < -0.4 is 0 Å². The highest BCUT2D eigenvalue weighted by Gasteiger charge is 2.34. The lowest BCUT2D eigenvalue weighted by Gasteiger charge is -2.29. The Bertz CT molecular complexity index is 118. The summed E-state index contributed by atoms with van der Waals surface area (Å²) in [6.07, 6.45) is 4.67. The van der Waals surface area contributed by atoms with Gasteiger partial charge in [0.15, 0.2) is 0 Å². The fraction of sp³-hybridized carbons (Fsp3) is 1.00. The zero-order valence-corrected chi connectivity index (χ0v) is 12.0. The first-order valence-corrected chi connectivity index (χ1v) is 8.75. The van der Waals surface area contributed by atoms with Gasteiger partial charge in [-0.05, 0) is 24.9 Å². The summed E-state index contributed by atoms with van der Waals surface area (Å²) < 4.78 is 12.1. The molecule has 0 aromatic carbocycles. The van der Waals surface area contributed by atoms with Gasteiger partial charge in [-0.2, -0.15) is 0 Å². The van der Waals surface area contributed by atoms with Crippen molar-refractivity contribution in [2.45, 2.75) is 65.5 Å². The Morgan fingerprint density at radius 1 is 0.800 bits per heavy atom. The molecular formula is C12H28O2Si. The summed E-state index contributed by atoms with van der Waals surface area (Å²) in [5.41, 5.74) is 0. The summed E-state index contributed by atoms with van der Waals surface area (Å²) in [6, 6.07) is 2.26. The van der Waals surface area contributed by atoms with Gasteiger partial charge in [0.05, 0.1) is 0 Å². The number of hydrogen-bond acceptors (Lipinski definition) is 2. The van der Waals surface area contributed by atoms with Crippen LogP contribution in [-0.4, -0.2) is 21.8 Å². The molecule has 0 unspecified atom stereocenters. The van der Waals surface area contributed by atoms with Crippen molar-refractivity contribution in [3.63, 3.8) is 0 Å². The van der Waals surface area contributed by atoms with E-state index in [2.05, 4.69) is 27.7 Å². The molecule has 3 heteroatoms. The average Bonchev–Trinajstić information content (AvgIpc) is 2.29. The molecule has 0 rings (SSSR count). The summed E-state index contributed by atoms with van der Waals surface area (Å²) in [5.74, 6) is 0. The van der Waals surface area contributed by atoms with E-state index in [-0.39, 0.29) is 0 Å². The van der Waals surface area contributed by atoms with E-state index in [9.17, 15) is 0 Å². The van der Waals surface area contributed by atoms with E-state index in [1.54, 1.807) is 0 Å². The summed E-state index contributed by atoms with van der Waals surface area (Å²) in [7, 11) is -1.83. The van der Waals surface area contributed by atoms with Gasteiger partial charge in [-0.15, -0.1) is 0 Å². The number of hydrogen-bond donors (Lipinski definition) is 0. The van der Waals surface area contributed by atoms with Crippen molar-refractivity contribution >= 4 is 8.56 Å². The van der Waals surface area contributed by atoms with Crippen molar-refractivity contribution in [2.24, 2.45) is 0 Å². The first kappa shape index (κ1) is 15.1. The first-order valence-electron chi connectivity index (χ1n) is 6.52. The van der Waals surface area contributed by atoms with Crippen LogP contribution in [0.3, 0.4) is 0 Å². The quantitative estimate of drug-likeness (QED) is 0.528. The molecular weight excluding hydrogens is 204 g/mol. The van der Waals surface area contributed by atoms with Crippen LogP contribution in [-0.2, 0) is 8.85 Å².